The Morgan fingerprint density at radius 2 is 1.69 bits per heavy atom. The number of nitrogens with zero attached hydrogens (tertiary/aromatic N) is 1. The first-order valence-corrected chi connectivity index (χ1v) is 8.78. The predicted octanol–water partition coefficient (Wildman–Crippen LogP) is 4.59. The summed E-state index contributed by atoms with van der Waals surface area (Å²) in [6.45, 7) is 4.47. The molecule has 3 N–H and O–H groups in total. The van der Waals surface area contributed by atoms with E-state index in [9.17, 15) is 4.79 Å². The summed E-state index contributed by atoms with van der Waals surface area (Å²) in [5.74, 6) is 0. The lowest BCUT2D eigenvalue weighted by atomic mass is 10.0. The second-order valence-electron chi connectivity index (χ2n) is 6.22. The van der Waals surface area contributed by atoms with Crippen molar-refractivity contribution in [3.63, 3.8) is 0 Å². The van der Waals surface area contributed by atoms with Gasteiger partial charge in [0.15, 0.2) is 0 Å². The number of carbonyl (C=O) groups is 1. The quantitative estimate of drug-likeness (QED) is 0.616. The number of benzene rings is 2. The molecular weight excluding hydrogens is 348 g/mol. The molecular formula is C20H21ClN4O. The van der Waals surface area contributed by atoms with E-state index in [1.807, 2.05) is 50.2 Å². The van der Waals surface area contributed by atoms with E-state index in [0.717, 1.165) is 29.1 Å². The van der Waals surface area contributed by atoms with E-state index in [2.05, 4.69) is 20.8 Å². The topological polar surface area (TPSA) is 69.8 Å². The third-order valence-electron chi connectivity index (χ3n) is 4.24. The van der Waals surface area contributed by atoms with Crippen LogP contribution in [0.5, 0.6) is 0 Å². The summed E-state index contributed by atoms with van der Waals surface area (Å²) in [5, 5.41) is 13.6. The van der Waals surface area contributed by atoms with E-state index in [-0.39, 0.29) is 6.03 Å². The van der Waals surface area contributed by atoms with Crippen LogP contribution >= 0.6 is 11.6 Å². The minimum Gasteiger partial charge on any atom is -0.334 e. The maximum absolute atomic E-state index is 12.0. The van der Waals surface area contributed by atoms with Gasteiger partial charge in [0.25, 0.3) is 0 Å². The minimum absolute atomic E-state index is 0.241. The van der Waals surface area contributed by atoms with E-state index in [4.69, 9.17) is 11.6 Å². The van der Waals surface area contributed by atoms with Crippen molar-refractivity contribution in [3.05, 3.63) is 81.6 Å². The van der Waals surface area contributed by atoms with Crippen LogP contribution in [0.4, 0.5) is 10.5 Å². The van der Waals surface area contributed by atoms with E-state index in [1.165, 1.54) is 11.1 Å². The summed E-state index contributed by atoms with van der Waals surface area (Å²) in [6, 6.07) is 15.0. The van der Waals surface area contributed by atoms with Gasteiger partial charge in [-0.3, -0.25) is 5.10 Å². The van der Waals surface area contributed by atoms with Crippen LogP contribution in [0.3, 0.4) is 0 Å². The molecule has 1 heterocycles. The van der Waals surface area contributed by atoms with Crippen LogP contribution in [0, 0.1) is 13.8 Å². The number of urea groups is 1. The molecule has 0 spiro atoms. The van der Waals surface area contributed by atoms with Crippen molar-refractivity contribution in [1.82, 2.24) is 15.5 Å². The number of aryl methyl sites for hydroxylation is 2. The third-order valence-corrected chi connectivity index (χ3v) is 4.49. The third kappa shape index (κ3) is 4.64. The Morgan fingerprint density at radius 1 is 1.04 bits per heavy atom. The molecule has 6 heteroatoms. The minimum atomic E-state index is -0.241. The van der Waals surface area contributed by atoms with Gasteiger partial charge in [-0.2, -0.15) is 5.10 Å². The molecule has 0 unspecified atom stereocenters. The Morgan fingerprint density at radius 3 is 2.31 bits per heavy atom. The van der Waals surface area contributed by atoms with E-state index in [1.54, 1.807) is 12.1 Å². The Balaban J connectivity index is 1.53. The zero-order valence-corrected chi connectivity index (χ0v) is 15.5. The van der Waals surface area contributed by atoms with Crippen LogP contribution in [0.25, 0.3) is 0 Å². The number of amides is 2. The van der Waals surface area contributed by atoms with Crippen molar-refractivity contribution in [1.29, 1.82) is 0 Å². The maximum Gasteiger partial charge on any atom is 0.319 e. The van der Waals surface area contributed by atoms with Gasteiger partial charge >= 0.3 is 6.03 Å². The number of carbonyl (C=O) groups excluding carboxylic acids is 1. The number of aromatic amines is 1. The number of hydrogen-bond donors (Lipinski definition) is 3. The zero-order valence-electron chi connectivity index (χ0n) is 14.8. The fourth-order valence-corrected chi connectivity index (χ4v) is 2.83. The molecule has 0 aliphatic rings. The fourth-order valence-electron chi connectivity index (χ4n) is 2.70. The average Bonchev–Trinajstić information content (AvgIpc) is 2.95. The van der Waals surface area contributed by atoms with Gasteiger partial charge in [-0.15, -0.1) is 0 Å². The molecule has 0 bridgehead atoms. The fraction of sp³-hybridized carbons (Fsp3) is 0.200. The Labute approximate surface area is 157 Å². The predicted molar refractivity (Wildman–Crippen MR) is 105 cm³/mol. The van der Waals surface area contributed by atoms with Crippen molar-refractivity contribution in [2.24, 2.45) is 0 Å². The van der Waals surface area contributed by atoms with Gasteiger partial charge in [0.1, 0.15) is 0 Å². The van der Waals surface area contributed by atoms with Crippen molar-refractivity contribution >= 4 is 23.3 Å². The lowest BCUT2D eigenvalue weighted by Gasteiger charge is -2.09. The van der Waals surface area contributed by atoms with Crippen LogP contribution in [-0.4, -0.2) is 16.2 Å². The highest BCUT2D eigenvalue weighted by molar-refractivity contribution is 6.30. The highest BCUT2D eigenvalue weighted by atomic mass is 35.5. The monoisotopic (exact) mass is 368 g/mol. The molecule has 2 amide bonds. The lowest BCUT2D eigenvalue weighted by Crippen LogP contribution is -2.28. The van der Waals surface area contributed by atoms with Crippen molar-refractivity contribution in [2.45, 2.75) is 26.8 Å². The van der Waals surface area contributed by atoms with Crippen LogP contribution in [-0.2, 0) is 13.0 Å². The zero-order chi connectivity index (χ0) is 18.5. The first kappa shape index (κ1) is 18.0. The number of nitrogens with one attached hydrogen (secondary N) is 3. The number of rotatable bonds is 5. The second kappa shape index (κ2) is 8.06. The highest BCUT2D eigenvalue weighted by Gasteiger charge is 2.08. The number of hydrogen-bond acceptors (Lipinski definition) is 2. The molecule has 5 nitrogen and oxygen atoms in total. The molecule has 0 saturated heterocycles. The van der Waals surface area contributed by atoms with Gasteiger partial charge in [-0.25, -0.2) is 4.79 Å². The summed E-state index contributed by atoms with van der Waals surface area (Å²) in [4.78, 5) is 12.0. The summed E-state index contributed by atoms with van der Waals surface area (Å²) in [6.07, 6.45) is 0.817. The number of halogens is 1. The maximum atomic E-state index is 12.0. The Bertz CT molecular complexity index is 866. The van der Waals surface area contributed by atoms with Gasteiger partial charge in [-0.05, 0) is 49.2 Å². The summed E-state index contributed by atoms with van der Waals surface area (Å²) >= 11 is 5.85. The average molecular weight is 369 g/mol. The number of anilines is 1. The van der Waals surface area contributed by atoms with Gasteiger partial charge < -0.3 is 10.6 Å². The van der Waals surface area contributed by atoms with Crippen LogP contribution in [0.1, 0.15) is 28.1 Å². The molecule has 0 aliphatic carbocycles. The number of aromatic nitrogens is 2. The molecule has 134 valence electrons. The molecule has 0 fully saturated rings. The van der Waals surface area contributed by atoms with Crippen LogP contribution in [0.2, 0.25) is 5.02 Å². The van der Waals surface area contributed by atoms with Gasteiger partial charge in [0, 0.05) is 34.9 Å². The normalized spacial score (nSPS) is 10.6. The van der Waals surface area contributed by atoms with E-state index in [0.29, 0.717) is 11.6 Å². The molecule has 3 aromatic rings. The van der Waals surface area contributed by atoms with Gasteiger partial charge in [0.05, 0.1) is 5.69 Å². The van der Waals surface area contributed by atoms with Gasteiger partial charge in [-0.1, -0.05) is 35.9 Å². The number of H-pyrrole nitrogens is 1. The molecule has 0 saturated carbocycles. The van der Waals surface area contributed by atoms with Crippen molar-refractivity contribution in [3.8, 4) is 0 Å². The molecule has 0 aliphatic heterocycles. The molecule has 1 aromatic heterocycles. The van der Waals surface area contributed by atoms with Crippen LogP contribution < -0.4 is 10.6 Å². The first-order valence-electron chi connectivity index (χ1n) is 8.40. The van der Waals surface area contributed by atoms with E-state index < -0.39 is 0 Å². The molecule has 0 radical (unpaired) electrons. The van der Waals surface area contributed by atoms with Gasteiger partial charge in [0.2, 0.25) is 0 Å². The van der Waals surface area contributed by atoms with Crippen LogP contribution in [0.15, 0.2) is 48.5 Å². The second-order valence-corrected chi connectivity index (χ2v) is 6.66. The highest BCUT2D eigenvalue weighted by Crippen LogP contribution is 2.17. The Kier molecular flexibility index (Phi) is 5.58. The first-order chi connectivity index (χ1) is 12.5. The molecule has 3 rings (SSSR count). The molecule has 2 aromatic carbocycles. The summed E-state index contributed by atoms with van der Waals surface area (Å²) in [7, 11) is 0. The Hall–Kier alpha value is -2.79. The van der Waals surface area contributed by atoms with Crippen molar-refractivity contribution in [2.75, 3.05) is 5.32 Å². The van der Waals surface area contributed by atoms with Crippen molar-refractivity contribution < 1.29 is 4.79 Å². The molecule has 26 heavy (non-hydrogen) atoms. The van der Waals surface area contributed by atoms with E-state index >= 15 is 0 Å². The lowest BCUT2D eigenvalue weighted by molar-refractivity contribution is 0.251. The summed E-state index contributed by atoms with van der Waals surface area (Å²) < 4.78 is 0. The standard InChI is InChI=1S/C20H21ClN4O/c1-13-19(14(2)25-24-13)11-15-5-9-18(10-6-15)23-20(26)22-12-16-3-7-17(21)8-4-16/h3-10H,11-12H2,1-2H3,(H,24,25)(H2,22,23,26). The SMILES string of the molecule is Cc1n[nH]c(C)c1Cc1ccc(NC(=O)NCc2ccc(Cl)cc2)cc1. The molecule has 0 atom stereocenters. The summed E-state index contributed by atoms with van der Waals surface area (Å²) in [5.41, 5.74) is 6.24. The largest absolute Gasteiger partial charge is 0.334 e. The smallest absolute Gasteiger partial charge is 0.319 e.